The van der Waals surface area contributed by atoms with E-state index in [-0.39, 0.29) is 28.7 Å². The van der Waals surface area contributed by atoms with E-state index in [0.29, 0.717) is 6.42 Å². The van der Waals surface area contributed by atoms with E-state index in [4.69, 9.17) is 0 Å². The van der Waals surface area contributed by atoms with E-state index in [1.807, 2.05) is 12.1 Å². The van der Waals surface area contributed by atoms with Crippen molar-refractivity contribution in [1.29, 1.82) is 0 Å². The highest BCUT2D eigenvalue weighted by molar-refractivity contribution is 7.92. The molecule has 5 nitrogen and oxygen atoms in total. The number of nitrogens with one attached hydrogen (secondary N) is 2. The normalized spacial score (nSPS) is 24.7. The average Bonchev–Trinajstić information content (AvgIpc) is 2.68. The lowest BCUT2D eigenvalue weighted by Crippen LogP contribution is -2.63. The average molecular weight is 407 g/mol. The zero-order valence-electron chi connectivity index (χ0n) is 17.4. The van der Waals surface area contributed by atoms with Crippen molar-refractivity contribution >= 4 is 15.7 Å². The van der Waals surface area contributed by atoms with Crippen molar-refractivity contribution in [3.8, 4) is 0 Å². The van der Waals surface area contributed by atoms with Gasteiger partial charge in [-0.3, -0.25) is 4.79 Å². The summed E-state index contributed by atoms with van der Waals surface area (Å²) < 4.78 is 27.3. The fourth-order valence-corrected chi connectivity index (χ4v) is 6.22. The third kappa shape index (κ3) is 4.28. The predicted octanol–water partition coefficient (Wildman–Crippen LogP) is 3.53. The van der Waals surface area contributed by atoms with Crippen molar-refractivity contribution in [2.45, 2.75) is 80.9 Å². The van der Waals surface area contributed by atoms with Gasteiger partial charge in [0.25, 0.3) is 0 Å². The number of rotatable bonds is 4. The molecular weight excluding hydrogens is 372 g/mol. The van der Waals surface area contributed by atoms with E-state index in [2.05, 4.69) is 31.4 Å². The highest BCUT2D eigenvalue weighted by Crippen LogP contribution is 2.33. The molecule has 0 bridgehead atoms. The van der Waals surface area contributed by atoms with Crippen molar-refractivity contribution < 1.29 is 13.2 Å². The molecule has 28 heavy (non-hydrogen) atoms. The van der Waals surface area contributed by atoms with Crippen molar-refractivity contribution in [3.63, 3.8) is 0 Å². The highest BCUT2D eigenvalue weighted by atomic mass is 32.2. The summed E-state index contributed by atoms with van der Waals surface area (Å²) in [6.07, 6.45) is 6.14. The Morgan fingerprint density at radius 3 is 2.25 bits per heavy atom. The molecule has 3 rings (SSSR count). The molecular formula is C22H34N2O3S. The molecule has 1 aromatic carbocycles. The molecule has 0 radical (unpaired) electrons. The maximum absolute atomic E-state index is 13.6. The summed E-state index contributed by atoms with van der Waals surface area (Å²) in [6.45, 7) is 7.35. The van der Waals surface area contributed by atoms with Crippen LogP contribution in [0.2, 0.25) is 0 Å². The van der Waals surface area contributed by atoms with Crippen LogP contribution in [0.3, 0.4) is 0 Å². The van der Waals surface area contributed by atoms with Gasteiger partial charge in [-0.2, -0.15) is 0 Å². The zero-order chi connectivity index (χ0) is 20.4. The van der Waals surface area contributed by atoms with Gasteiger partial charge in [-0.05, 0) is 55.3 Å². The van der Waals surface area contributed by atoms with E-state index in [1.54, 1.807) is 12.1 Å². The van der Waals surface area contributed by atoms with Crippen LogP contribution in [-0.4, -0.2) is 32.3 Å². The molecule has 1 aromatic rings. The Morgan fingerprint density at radius 1 is 1.07 bits per heavy atom. The van der Waals surface area contributed by atoms with E-state index in [1.165, 1.54) is 0 Å². The molecule has 1 saturated heterocycles. The third-order valence-electron chi connectivity index (χ3n) is 6.22. The van der Waals surface area contributed by atoms with Crippen LogP contribution >= 0.6 is 0 Å². The summed E-state index contributed by atoms with van der Waals surface area (Å²) in [5, 5.41) is 6.20. The fraction of sp³-hybridized carbons (Fsp3) is 0.682. The SMILES string of the molecule is CC(C)(C)c1ccc(S(=O)(=O)[C@@]2(NC(=O)C3CCCCC3)CCCNC2)cc1. The van der Waals surface area contributed by atoms with Gasteiger partial charge in [-0.1, -0.05) is 52.2 Å². The van der Waals surface area contributed by atoms with Gasteiger partial charge in [0.2, 0.25) is 15.7 Å². The van der Waals surface area contributed by atoms with Crippen LogP contribution in [0, 0.1) is 5.92 Å². The second-order valence-electron chi connectivity index (χ2n) is 9.38. The molecule has 1 aliphatic carbocycles. The number of hydrogen-bond acceptors (Lipinski definition) is 4. The molecule has 1 amide bonds. The van der Waals surface area contributed by atoms with Gasteiger partial charge >= 0.3 is 0 Å². The molecule has 1 saturated carbocycles. The minimum atomic E-state index is -3.71. The topological polar surface area (TPSA) is 75.3 Å². The first kappa shape index (κ1) is 21.3. The molecule has 2 N–H and O–H groups in total. The maximum Gasteiger partial charge on any atom is 0.224 e. The lowest BCUT2D eigenvalue weighted by atomic mass is 9.87. The molecule has 0 spiro atoms. The smallest absolute Gasteiger partial charge is 0.224 e. The van der Waals surface area contributed by atoms with Gasteiger partial charge < -0.3 is 10.6 Å². The van der Waals surface area contributed by atoms with Crippen LogP contribution in [0.5, 0.6) is 0 Å². The van der Waals surface area contributed by atoms with Gasteiger partial charge in [0, 0.05) is 12.5 Å². The second-order valence-corrected chi connectivity index (χ2v) is 11.6. The molecule has 1 atom stereocenters. The quantitative estimate of drug-likeness (QED) is 0.802. The Kier molecular flexibility index (Phi) is 6.20. The summed E-state index contributed by atoms with van der Waals surface area (Å²) in [7, 11) is -3.71. The van der Waals surface area contributed by atoms with Crippen LogP contribution in [0.1, 0.15) is 71.3 Å². The summed E-state index contributed by atoms with van der Waals surface area (Å²) >= 11 is 0. The van der Waals surface area contributed by atoms with Crippen molar-refractivity contribution in [2.75, 3.05) is 13.1 Å². The minimum absolute atomic E-state index is 0.0401. The number of sulfone groups is 1. The Balaban J connectivity index is 1.90. The fourth-order valence-electron chi connectivity index (χ4n) is 4.33. The van der Waals surface area contributed by atoms with Crippen LogP contribution in [0.25, 0.3) is 0 Å². The second kappa shape index (κ2) is 8.15. The molecule has 2 fully saturated rings. The van der Waals surface area contributed by atoms with Gasteiger partial charge in [-0.25, -0.2) is 8.42 Å². The molecule has 1 heterocycles. The summed E-state index contributed by atoms with van der Waals surface area (Å²) in [5.41, 5.74) is 1.05. The molecule has 2 aliphatic rings. The number of carbonyl (C=O) groups excluding carboxylic acids is 1. The van der Waals surface area contributed by atoms with E-state index in [9.17, 15) is 13.2 Å². The predicted molar refractivity (Wildman–Crippen MR) is 112 cm³/mol. The van der Waals surface area contributed by atoms with Crippen LogP contribution in [-0.2, 0) is 20.0 Å². The standard InChI is InChI=1S/C22H34N2O3S/c1-21(2,3)18-10-12-19(13-11-18)28(26,27)22(14-7-15-23-16-22)24-20(25)17-8-5-4-6-9-17/h10-13,17,23H,4-9,14-16H2,1-3H3,(H,24,25)/t22-/m0/s1. The van der Waals surface area contributed by atoms with E-state index >= 15 is 0 Å². The van der Waals surface area contributed by atoms with Gasteiger partial charge in [0.1, 0.15) is 0 Å². The summed E-state index contributed by atoms with van der Waals surface area (Å²) in [6, 6.07) is 7.16. The van der Waals surface area contributed by atoms with Crippen LogP contribution in [0.4, 0.5) is 0 Å². The number of amides is 1. The summed E-state index contributed by atoms with van der Waals surface area (Å²) in [4.78, 5) is 12.0. The molecule has 0 unspecified atom stereocenters. The zero-order valence-corrected chi connectivity index (χ0v) is 18.2. The summed E-state index contributed by atoms with van der Waals surface area (Å²) in [5.74, 6) is -0.163. The Hall–Kier alpha value is -1.40. The molecule has 156 valence electrons. The Bertz CT molecular complexity index is 782. The monoisotopic (exact) mass is 406 g/mol. The number of hydrogen-bond donors (Lipinski definition) is 2. The van der Waals surface area contributed by atoms with E-state index in [0.717, 1.165) is 50.6 Å². The van der Waals surface area contributed by atoms with Crippen molar-refractivity contribution in [2.24, 2.45) is 5.92 Å². The third-order valence-corrected chi connectivity index (χ3v) is 8.59. The first-order valence-corrected chi connectivity index (χ1v) is 12.0. The molecule has 1 aliphatic heterocycles. The van der Waals surface area contributed by atoms with Crippen LogP contribution < -0.4 is 10.6 Å². The van der Waals surface area contributed by atoms with E-state index < -0.39 is 14.7 Å². The first-order chi connectivity index (χ1) is 13.2. The largest absolute Gasteiger partial charge is 0.335 e. The molecule has 0 aromatic heterocycles. The Labute approximate surface area is 169 Å². The van der Waals surface area contributed by atoms with Gasteiger partial charge in [0.05, 0.1) is 4.90 Å². The Morgan fingerprint density at radius 2 is 1.71 bits per heavy atom. The van der Waals surface area contributed by atoms with Gasteiger partial charge in [-0.15, -0.1) is 0 Å². The van der Waals surface area contributed by atoms with Crippen LogP contribution in [0.15, 0.2) is 29.2 Å². The highest BCUT2D eigenvalue weighted by Gasteiger charge is 2.47. The lowest BCUT2D eigenvalue weighted by Gasteiger charge is -2.39. The number of piperidine rings is 1. The minimum Gasteiger partial charge on any atom is -0.335 e. The van der Waals surface area contributed by atoms with Crippen molar-refractivity contribution in [3.05, 3.63) is 29.8 Å². The lowest BCUT2D eigenvalue weighted by molar-refractivity contribution is -0.127. The number of carbonyl (C=O) groups is 1. The number of benzene rings is 1. The maximum atomic E-state index is 13.6. The van der Waals surface area contributed by atoms with Crippen molar-refractivity contribution in [1.82, 2.24) is 10.6 Å². The van der Waals surface area contributed by atoms with Gasteiger partial charge in [0.15, 0.2) is 4.87 Å². The molecule has 6 heteroatoms. The first-order valence-electron chi connectivity index (χ1n) is 10.5.